The van der Waals surface area contributed by atoms with Gasteiger partial charge in [0.15, 0.2) is 10.8 Å². The molecule has 1 aliphatic heterocycles. The number of fused-ring (bicyclic) bond motifs is 1. The van der Waals surface area contributed by atoms with Crippen LogP contribution in [-0.4, -0.2) is 15.6 Å². The number of thiocarbonyl (C=S) groups is 1. The average molecular weight is 198 g/mol. The summed E-state index contributed by atoms with van der Waals surface area (Å²) in [6.45, 7) is 0. The van der Waals surface area contributed by atoms with Gasteiger partial charge in [-0.15, -0.1) is 0 Å². The van der Waals surface area contributed by atoms with E-state index in [1.54, 1.807) is 0 Å². The van der Waals surface area contributed by atoms with Crippen LogP contribution in [0.3, 0.4) is 0 Å². The molecule has 7 heteroatoms. The van der Waals surface area contributed by atoms with Gasteiger partial charge in [-0.1, -0.05) is 0 Å². The fourth-order valence-electron chi connectivity index (χ4n) is 0.987. The second kappa shape index (κ2) is 2.36. The Bertz CT molecular complexity index is 526. The van der Waals surface area contributed by atoms with Crippen molar-refractivity contribution in [1.82, 2.24) is 9.88 Å². The first-order valence-electron chi connectivity index (χ1n) is 3.22. The molecule has 0 fully saturated rings. The maximum Gasteiger partial charge on any atom is 0.402 e. The largest absolute Gasteiger partial charge is 0.425 e. The molecule has 0 atom stereocenters. The molecule has 0 spiro atoms. The fourth-order valence-corrected chi connectivity index (χ4v) is 1.26. The van der Waals surface area contributed by atoms with Gasteiger partial charge in [0.05, 0.1) is 0 Å². The first kappa shape index (κ1) is 7.87. The summed E-state index contributed by atoms with van der Waals surface area (Å²) in [5.74, 6) is -0.550. The molecule has 13 heavy (non-hydrogen) atoms. The van der Waals surface area contributed by atoms with Gasteiger partial charge in [-0.05, 0) is 12.2 Å². The van der Waals surface area contributed by atoms with Gasteiger partial charge < -0.3 is 4.42 Å². The molecule has 1 aromatic heterocycles. The van der Waals surface area contributed by atoms with E-state index in [0.717, 1.165) is 10.8 Å². The minimum absolute atomic E-state index is 0.0606. The molecule has 2 heterocycles. The van der Waals surface area contributed by atoms with Crippen LogP contribution in [0.2, 0.25) is 0 Å². The van der Waals surface area contributed by atoms with Crippen molar-refractivity contribution in [3.05, 3.63) is 32.7 Å². The molecular weight excluding hydrogens is 196 g/mol. The third-order valence-electron chi connectivity index (χ3n) is 1.55. The summed E-state index contributed by atoms with van der Waals surface area (Å²) in [4.78, 5) is 32.8. The molecule has 0 aliphatic carbocycles. The van der Waals surface area contributed by atoms with Crippen LogP contribution in [0.4, 0.5) is 0 Å². The monoisotopic (exact) mass is 198 g/mol. The third kappa shape index (κ3) is 0.937. The quantitative estimate of drug-likeness (QED) is 0.413. The van der Waals surface area contributed by atoms with Crippen LogP contribution in [-0.2, 0) is 0 Å². The predicted molar refractivity (Wildman–Crippen MR) is 44.7 cm³/mol. The van der Waals surface area contributed by atoms with Crippen molar-refractivity contribution in [2.24, 2.45) is 0 Å². The van der Waals surface area contributed by atoms with Gasteiger partial charge in [0.25, 0.3) is 5.91 Å². The summed E-state index contributed by atoms with van der Waals surface area (Å²) in [5, 5.41) is 2.11. The third-order valence-corrected chi connectivity index (χ3v) is 1.84. The molecule has 1 aromatic rings. The SMILES string of the molecule is O=C1NC(=S)n2c1coc(=O)c2=O. The highest BCUT2D eigenvalue weighted by molar-refractivity contribution is 7.80. The Labute approximate surface area is 75.8 Å². The number of aromatic nitrogens is 1. The van der Waals surface area contributed by atoms with Crippen LogP contribution in [0.1, 0.15) is 10.5 Å². The van der Waals surface area contributed by atoms with Crippen molar-refractivity contribution in [2.75, 3.05) is 0 Å². The minimum Gasteiger partial charge on any atom is -0.425 e. The molecule has 0 aromatic carbocycles. The molecule has 2 rings (SSSR count). The Balaban J connectivity index is 2.94. The number of carbonyl (C=O) groups excluding carboxylic acids is 1. The summed E-state index contributed by atoms with van der Waals surface area (Å²) in [6.07, 6.45) is 0.901. The van der Waals surface area contributed by atoms with Gasteiger partial charge in [-0.2, -0.15) is 0 Å². The lowest BCUT2D eigenvalue weighted by Gasteiger charge is -1.94. The highest BCUT2D eigenvalue weighted by Crippen LogP contribution is 2.01. The summed E-state index contributed by atoms with van der Waals surface area (Å²) in [5.41, 5.74) is -2.07. The average Bonchev–Trinajstić information content (AvgIpc) is 2.35. The van der Waals surface area contributed by atoms with E-state index < -0.39 is 17.1 Å². The zero-order valence-electron chi connectivity index (χ0n) is 6.07. The fraction of sp³-hybridized carbons (Fsp3) is 0. The summed E-state index contributed by atoms with van der Waals surface area (Å²) in [7, 11) is 0. The first-order chi connectivity index (χ1) is 6.11. The van der Waals surface area contributed by atoms with Gasteiger partial charge in [-0.25, -0.2) is 9.36 Å². The zero-order valence-corrected chi connectivity index (χ0v) is 6.88. The number of amides is 1. The number of rotatable bonds is 0. The Morgan fingerprint density at radius 2 is 2.08 bits per heavy atom. The van der Waals surface area contributed by atoms with Gasteiger partial charge in [0.2, 0.25) is 0 Å². The number of nitrogens with zero attached hydrogens (tertiary/aromatic N) is 1. The van der Waals surface area contributed by atoms with Crippen LogP contribution >= 0.6 is 12.2 Å². The van der Waals surface area contributed by atoms with E-state index >= 15 is 0 Å². The molecule has 0 unspecified atom stereocenters. The summed E-state index contributed by atoms with van der Waals surface area (Å²) >= 11 is 4.65. The molecule has 0 saturated carbocycles. The molecule has 0 bridgehead atoms. The van der Waals surface area contributed by atoms with E-state index in [0.29, 0.717) is 0 Å². The standard InChI is InChI=1S/C6H2N2O4S/c9-3-2-1-12-5(11)4(10)8(2)6(13)7-3/h1H,(H,7,9,13). The Kier molecular flexibility index (Phi) is 1.43. The minimum atomic E-state index is -1.05. The van der Waals surface area contributed by atoms with Gasteiger partial charge in [-0.3, -0.25) is 14.9 Å². The highest BCUT2D eigenvalue weighted by Gasteiger charge is 2.26. The predicted octanol–water partition coefficient (Wildman–Crippen LogP) is -1.32. The normalized spacial score (nSPS) is 14.2. The van der Waals surface area contributed by atoms with Crippen molar-refractivity contribution >= 4 is 23.2 Å². The van der Waals surface area contributed by atoms with Crippen LogP contribution in [0, 0.1) is 0 Å². The second-order valence-corrected chi connectivity index (χ2v) is 2.69. The highest BCUT2D eigenvalue weighted by atomic mass is 32.1. The number of carbonyl (C=O) groups is 1. The van der Waals surface area contributed by atoms with E-state index in [4.69, 9.17) is 0 Å². The maximum atomic E-state index is 11.1. The Morgan fingerprint density at radius 3 is 2.77 bits per heavy atom. The van der Waals surface area contributed by atoms with E-state index in [1.165, 1.54) is 0 Å². The summed E-state index contributed by atoms with van der Waals surface area (Å²) < 4.78 is 5.12. The van der Waals surface area contributed by atoms with Crippen molar-refractivity contribution in [3.63, 3.8) is 0 Å². The molecule has 0 radical (unpaired) electrons. The van der Waals surface area contributed by atoms with Crippen LogP contribution in [0.15, 0.2) is 20.3 Å². The molecule has 0 saturated heterocycles. The molecule has 6 nitrogen and oxygen atoms in total. The number of hydrogen-bond donors (Lipinski definition) is 1. The topological polar surface area (TPSA) is 81.3 Å². The first-order valence-corrected chi connectivity index (χ1v) is 3.62. The van der Waals surface area contributed by atoms with E-state index in [9.17, 15) is 14.4 Å². The van der Waals surface area contributed by atoms with Crippen LogP contribution < -0.4 is 16.5 Å². The van der Waals surface area contributed by atoms with E-state index in [-0.39, 0.29) is 10.8 Å². The van der Waals surface area contributed by atoms with Crippen LogP contribution in [0.5, 0.6) is 0 Å². The van der Waals surface area contributed by atoms with Crippen molar-refractivity contribution in [3.8, 4) is 0 Å². The summed E-state index contributed by atoms with van der Waals surface area (Å²) in [6, 6.07) is 0. The molecule has 1 N–H and O–H groups in total. The van der Waals surface area contributed by atoms with Gasteiger partial charge in [0.1, 0.15) is 6.26 Å². The molecule has 1 amide bonds. The van der Waals surface area contributed by atoms with E-state index in [2.05, 4.69) is 22.0 Å². The Hall–Kier alpha value is -1.76. The molecule has 1 aliphatic rings. The number of hydrogen-bond acceptors (Lipinski definition) is 5. The van der Waals surface area contributed by atoms with E-state index in [1.807, 2.05) is 0 Å². The Morgan fingerprint density at radius 1 is 1.38 bits per heavy atom. The van der Waals surface area contributed by atoms with Gasteiger partial charge >= 0.3 is 11.2 Å². The van der Waals surface area contributed by atoms with Crippen molar-refractivity contribution < 1.29 is 9.21 Å². The lowest BCUT2D eigenvalue weighted by atomic mass is 10.4. The lowest BCUT2D eigenvalue weighted by molar-refractivity contribution is 0.0979. The van der Waals surface area contributed by atoms with Gasteiger partial charge in [0, 0.05) is 0 Å². The number of nitrogens with one attached hydrogen (secondary N) is 1. The van der Waals surface area contributed by atoms with Crippen molar-refractivity contribution in [1.29, 1.82) is 0 Å². The van der Waals surface area contributed by atoms with Crippen LogP contribution in [0.25, 0.3) is 0 Å². The maximum absolute atomic E-state index is 11.1. The second-order valence-electron chi connectivity index (χ2n) is 2.31. The lowest BCUT2D eigenvalue weighted by Crippen LogP contribution is -2.37. The molecule has 66 valence electrons. The zero-order chi connectivity index (χ0) is 9.59. The van der Waals surface area contributed by atoms with Crippen molar-refractivity contribution in [2.45, 2.75) is 0 Å². The molecular formula is C6H2N2O4S. The smallest absolute Gasteiger partial charge is 0.402 e.